The summed E-state index contributed by atoms with van der Waals surface area (Å²) in [5.41, 5.74) is 0.218. The van der Waals surface area contributed by atoms with Crippen LogP contribution < -0.4 is 0 Å². The molecule has 0 fully saturated rings. The van der Waals surface area contributed by atoms with Crippen LogP contribution in [0.25, 0.3) is 0 Å². The van der Waals surface area contributed by atoms with Crippen LogP contribution in [0.1, 0.15) is 26.5 Å². The minimum Gasteiger partial charge on any atom is -0.238 e. The summed E-state index contributed by atoms with van der Waals surface area (Å²) in [5.74, 6) is -0.593. The molecule has 66 valence electrons. The van der Waals surface area contributed by atoms with Gasteiger partial charge in [0, 0.05) is 5.41 Å². The molecule has 12 heavy (non-hydrogen) atoms. The van der Waals surface area contributed by atoms with E-state index in [1.807, 2.05) is 20.8 Å². The van der Waals surface area contributed by atoms with Crippen molar-refractivity contribution in [2.45, 2.75) is 26.2 Å². The number of hydrogen-bond acceptors (Lipinski definition) is 2. The number of aromatic nitrogens is 2. The summed E-state index contributed by atoms with van der Waals surface area (Å²) in [6.07, 6.45) is 1.01. The van der Waals surface area contributed by atoms with Gasteiger partial charge in [0.25, 0.3) is 0 Å². The Morgan fingerprint density at radius 3 is 2.42 bits per heavy atom. The molecular formula is C8H10ClFN2. The average Bonchev–Trinajstić information content (AvgIpc) is 1.92. The van der Waals surface area contributed by atoms with Gasteiger partial charge < -0.3 is 0 Å². The second kappa shape index (κ2) is 2.98. The molecule has 0 amide bonds. The second-order valence-corrected chi connectivity index (χ2v) is 3.94. The van der Waals surface area contributed by atoms with Crippen molar-refractivity contribution in [1.29, 1.82) is 0 Å². The molecule has 1 rings (SSSR count). The molecule has 0 bridgehead atoms. The molecular weight excluding hydrogens is 179 g/mol. The van der Waals surface area contributed by atoms with Crippen LogP contribution in [0.5, 0.6) is 0 Å². The largest absolute Gasteiger partial charge is 0.238 e. The van der Waals surface area contributed by atoms with Crippen molar-refractivity contribution in [1.82, 2.24) is 9.97 Å². The van der Waals surface area contributed by atoms with Gasteiger partial charge in [0.1, 0.15) is 0 Å². The SMILES string of the molecule is CC(C)(C)c1nc(F)cnc1Cl. The molecule has 1 aromatic rings. The molecule has 0 saturated carbocycles. The minimum atomic E-state index is -0.593. The molecule has 0 atom stereocenters. The maximum Gasteiger partial charge on any atom is 0.231 e. The number of hydrogen-bond donors (Lipinski definition) is 0. The van der Waals surface area contributed by atoms with E-state index in [0.29, 0.717) is 5.69 Å². The van der Waals surface area contributed by atoms with Crippen LogP contribution in [0.3, 0.4) is 0 Å². The van der Waals surface area contributed by atoms with E-state index in [1.54, 1.807) is 0 Å². The highest BCUT2D eigenvalue weighted by Gasteiger charge is 2.20. The predicted molar refractivity (Wildman–Crippen MR) is 45.7 cm³/mol. The fraction of sp³-hybridized carbons (Fsp3) is 0.500. The molecule has 0 unspecified atom stereocenters. The highest BCUT2D eigenvalue weighted by Crippen LogP contribution is 2.25. The Kier molecular flexibility index (Phi) is 2.33. The lowest BCUT2D eigenvalue weighted by Crippen LogP contribution is -2.15. The van der Waals surface area contributed by atoms with Gasteiger partial charge in [-0.2, -0.15) is 4.39 Å². The Morgan fingerprint density at radius 1 is 1.42 bits per heavy atom. The first-order valence-corrected chi connectivity index (χ1v) is 3.97. The third-order valence-corrected chi connectivity index (χ3v) is 1.69. The molecule has 1 aromatic heterocycles. The van der Waals surface area contributed by atoms with Crippen molar-refractivity contribution in [3.05, 3.63) is 23.0 Å². The summed E-state index contributed by atoms with van der Waals surface area (Å²) in [6, 6.07) is 0. The van der Waals surface area contributed by atoms with Crippen LogP contribution in [-0.2, 0) is 5.41 Å². The summed E-state index contributed by atoms with van der Waals surface area (Å²) < 4.78 is 12.6. The van der Waals surface area contributed by atoms with Crippen LogP contribution >= 0.6 is 11.6 Å². The average molecular weight is 189 g/mol. The van der Waals surface area contributed by atoms with E-state index in [9.17, 15) is 4.39 Å². The Labute approximate surface area is 75.8 Å². The van der Waals surface area contributed by atoms with E-state index >= 15 is 0 Å². The molecule has 2 nitrogen and oxygen atoms in total. The molecule has 0 aliphatic rings. The summed E-state index contributed by atoms with van der Waals surface area (Å²) in [5, 5.41) is 0.268. The maximum absolute atomic E-state index is 12.6. The van der Waals surface area contributed by atoms with Gasteiger partial charge in [0.05, 0.1) is 11.9 Å². The number of nitrogens with zero attached hydrogens (tertiary/aromatic N) is 2. The molecule has 0 aliphatic carbocycles. The quantitative estimate of drug-likeness (QED) is 0.626. The first kappa shape index (κ1) is 9.39. The Balaban J connectivity index is 3.23. The van der Waals surface area contributed by atoms with E-state index < -0.39 is 5.95 Å². The number of rotatable bonds is 0. The lowest BCUT2D eigenvalue weighted by atomic mass is 9.93. The first-order valence-electron chi connectivity index (χ1n) is 3.60. The lowest BCUT2D eigenvalue weighted by Gasteiger charge is -2.17. The zero-order valence-electron chi connectivity index (χ0n) is 7.23. The van der Waals surface area contributed by atoms with Crippen LogP contribution in [0.15, 0.2) is 6.20 Å². The molecule has 4 heteroatoms. The van der Waals surface area contributed by atoms with Gasteiger partial charge in [-0.3, -0.25) is 0 Å². The summed E-state index contributed by atoms with van der Waals surface area (Å²) >= 11 is 5.74. The van der Waals surface area contributed by atoms with Gasteiger partial charge in [-0.15, -0.1) is 0 Å². The van der Waals surface area contributed by atoms with E-state index in [1.165, 1.54) is 0 Å². The van der Waals surface area contributed by atoms with Crippen LogP contribution in [-0.4, -0.2) is 9.97 Å². The van der Waals surface area contributed by atoms with Crippen molar-refractivity contribution in [2.75, 3.05) is 0 Å². The highest BCUT2D eigenvalue weighted by atomic mass is 35.5. The van der Waals surface area contributed by atoms with Crippen molar-refractivity contribution < 1.29 is 4.39 Å². The second-order valence-electron chi connectivity index (χ2n) is 3.58. The third kappa shape index (κ3) is 1.91. The topological polar surface area (TPSA) is 25.8 Å². The van der Waals surface area contributed by atoms with Crippen LogP contribution in [0.4, 0.5) is 4.39 Å². The van der Waals surface area contributed by atoms with E-state index in [2.05, 4.69) is 9.97 Å². The summed E-state index contributed by atoms with van der Waals surface area (Å²) in [6.45, 7) is 5.72. The Bertz CT molecular complexity index is 294. The zero-order valence-corrected chi connectivity index (χ0v) is 7.98. The summed E-state index contributed by atoms with van der Waals surface area (Å²) in [4.78, 5) is 7.36. The highest BCUT2D eigenvalue weighted by molar-refractivity contribution is 6.30. The lowest BCUT2D eigenvalue weighted by molar-refractivity contribution is 0.516. The fourth-order valence-electron chi connectivity index (χ4n) is 0.830. The van der Waals surface area contributed by atoms with Crippen molar-refractivity contribution in [2.24, 2.45) is 0 Å². The van der Waals surface area contributed by atoms with E-state index in [4.69, 9.17) is 11.6 Å². The van der Waals surface area contributed by atoms with Gasteiger partial charge in [0.2, 0.25) is 5.95 Å². The minimum absolute atomic E-state index is 0.268. The van der Waals surface area contributed by atoms with Gasteiger partial charge in [0.15, 0.2) is 5.15 Å². The first-order chi connectivity index (χ1) is 5.41. The van der Waals surface area contributed by atoms with Crippen molar-refractivity contribution in [3.8, 4) is 0 Å². The standard InChI is InChI=1S/C8H10ClFN2/c1-8(2,3)6-7(9)11-4-5(10)12-6/h4H,1-3H3. The van der Waals surface area contributed by atoms with Gasteiger partial charge in [-0.05, 0) is 0 Å². The molecule has 0 aliphatic heterocycles. The van der Waals surface area contributed by atoms with Gasteiger partial charge >= 0.3 is 0 Å². The van der Waals surface area contributed by atoms with Crippen molar-refractivity contribution >= 4 is 11.6 Å². The van der Waals surface area contributed by atoms with Gasteiger partial charge in [-0.25, -0.2) is 9.97 Å². The molecule has 0 aromatic carbocycles. The van der Waals surface area contributed by atoms with Crippen LogP contribution in [0, 0.1) is 5.95 Å². The smallest absolute Gasteiger partial charge is 0.231 e. The normalized spacial score (nSPS) is 11.8. The molecule has 0 saturated heterocycles. The fourth-order valence-corrected chi connectivity index (χ4v) is 1.20. The Morgan fingerprint density at radius 2 is 2.00 bits per heavy atom. The zero-order chi connectivity index (χ0) is 9.35. The molecule has 1 heterocycles. The number of halogens is 2. The monoisotopic (exact) mass is 188 g/mol. The summed E-state index contributed by atoms with van der Waals surface area (Å²) in [7, 11) is 0. The van der Waals surface area contributed by atoms with Crippen molar-refractivity contribution in [3.63, 3.8) is 0 Å². The van der Waals surface area contributed by atoms with Gasteiger partial charge in [-0.1, -0.05) is 32.4 Å². The Hall–Kier alpha value is -0.700. The van der Waals surface area contributed by atoms with E-state index in [0.717, 1.165) is 6.20 Å². The predicted octanol–water partition coefficient (Wildman–Crippen LogP) is 2.57. The van der Waals surface area contributed by atoms with E-state index in [-0.39, 0.29) is 10.6 Å². The van der Waals surface area contributed by atoms with Crippen LogP contribution in [0.2, 0.25) is 5.15 Å². The molecule has 0 spiro atoms. The molecule has 0 radical (unpaired) electrons. The third-order valence-electron chi connectivity index (χ3n) is 1.41. The molecule has 0 N–H and O–H groups in total. The maximum atomic E-state index is 12.6.